The highest BCUT2D eigenvalue weighted by Gasteiger charge is 2.04. The summed E-state index contributed by atoms with van der Waals surface area (Å²) in [4.78, 5) is 3.92. The SMILES string of the molecule is Oc1cc2c(Cl)nccc2cc1Br. The molecule has 4 heteroatoms. The lowest BCUT2D eigenvalue weighted by molar-refractivity contribution is 0.473. The molecule has 66 valence electrons. The molecule has 2 aromatic rings. The number of halogens is 2. The maximum atomic E-state index is 9.41. The number of aromatic nitrogens is 1. The molecule has 0 spiro atoms. The lowest BCUT2D eigenvalue weighted by Gasteiger charge is -2.01. The van der Waals surface area contributed by atoms with Crippen LogP contribution in [0.3, 0.4) is 0 Å². The first kappa shape index (κ1) is 8.78. The Morgan fingerprint density at radius 1 is 1.38 bits per heavy atom. The van der Waals surface area contributed by atoms with Crippen LogP contribution >= 0.6 is 27.5 Å². The molecule has 2 rings (SSSR count). The molecular weight excluding hydrogens is 253 g/mol. The zero-order valence-corrected chi connectivity index (χ0v) is 8.80. The predicted molar refractivity (Wildman–Crippen MR) is 56.1 cm³/mol. The van der Waals surface area contributed by atoms with Crippen molar-refractivity contribution in [3.8, 4) is 5.75 Å². The zero-order chi connectivity index (χ0) is 9.42. The van der Waals surface area contributed by atoms with Gasteiger partial charge in [0.25, 0.3) is 0 Å². The topological polar surface area (TPSA) is 33.1 Å². The summed E-state index contributed by atoms with van der Waals surface area (Å²) < 4.78 is 0.655. The summed E-state index contributed by atoms with van der Waals surface area (Å²) in [5.74, 6) is 0.169. The summed E-state index contributed by atoms with van der Waals surface area (Å²) in [6.45, 7) is 0. The third-order valence-electron chi connectivity index (χ3n) is 1.78. The third-order valence-corrected chi connectivity index (χ3v) is 2.72. The molecule has 0 aliphatic rings. The van der Waals surface area contributed by atoms with E-state index in [-0.39, 0.29) is 5.75 Å². The Hall–Kier alpha value is -0.800. The number of nitrogens with zero attached hydrogens (tertiary/aromatic N) is 1. The van der Waals surface area contributed by atoms with E-state index in [1.54, 1.807) is 18.3 Å². The molecule has 0 aliphatic carbocycles. The van der Waals surface area contributed by atoms with Gasteiger partial charge in [-0.3, -0.25) is 0 Å². The Bertz CT molecular complexity index is 472. The molecule has 1 aromatic carbocycles. The van der Waals surface area contributed by atoms with Crippen molar-refractivity contribution in [1.29, 1.82) is 0 Å². The molecule has 0 atom stereocenters. The quantitative estimate of drug-likeness (QED) is 0.735. The summed E-state index contributed by atoms with van der Waals surface area (Å²) in [5.41, 5.74) is 0. The lowest BCUT2D eigenvalue weighted by Crippen LogP contribution is -1.79. The number of aromatic hydroxyl groups is 1. The van der Waals surface area contributed by atoms with E-state index in [1.807, 2.05) is 6.07 Å². The van der Waals surface area contributed by atoms with Crippen molar-refractivity contribution >= 4 is 38.3 Å². The highest BCUT2D eigenvalue weighted by Crippen LogP contribution is 2.31. The van der Waals surface area contributed by atoms with Gasteiger partial charge in [-0.1, -0.05) is 11.6 Å². The molecule has 1 N–H and O–H groups in total. The Balaban J connectivity index is 2.89. The van der Waals surface area contributed by atoms with Crippen LogP contribution < -0.4 is 0 Å². The standard InChI is InChI=1S/C9H5BrClNO/c10-7-3-5-1-2-12-9(11)6(5)4-8(7)13/h1-4,13H. The van der Waals surface area contributed by atoms with E-state index < -0.39 is 0 Å². The van der Waals surface area contributed by atoms with Crippen LogP contribution in [0.15, 0.2) is 28.9 Å². The molecule has 0 saturated carbocycles. The van der Waals surface area contributed by atoms with Crippen LogP contribution in [0.4, 0.5) is 0 Å². The molecule has 1 heterocycles. The van der Waals surface area contributed by atoms with Gasteiger partial charge in [0.15, 0.2) is 0 Å². The highest BCUT2D eigenvalue weighted by atomic mass is 79.9. The maximum Gasteiger partial charge on any atom is 0.136 e. The van der Waals surface area contributed by atoms with Gasteiger partial charge < -0.3 is 5.11 Å². The van der Waals surface area contributed by atoms with E-state index in [4.69, 9.17) is 11.6 Å². The Labute approximate surface area is 88.3 Å². The van der Waals surface area contributed by atoms with Crippen LogP contribution in [0.1, 0.15) is 0 Å². The minimum Gasteiger partial charge on any atom is -0.507 e. The van der Waals surface area contributed by atoms with Gasteiger partial charge in [-0.2, -0.15) is 0 Å². The van der Waals surface area contributed by atoms with E-state index >= 15 is 0 Å². The van der Waals surface area contributed by atoms with Crippen LogP contribution in [-0.4, -0.2) is 10.1 Å². The van der Waals surface area contributed by atoms with Crippen molar-refractivity contribution in [3.05, 3.63) is 34.0 Å². The first-order chi connectivity index (χ1) is 6.18. The molecule has 0 radical (unpaired) electrons. The molecule has 0 aliphatic heterocycles. The smallest absolute Gasteiger partial charge is 0.136 e. The first-order valence-electron chi connectivity index (χ1n) is 3.61. The second kappa shape index (κ2) is 3.16. The van der Waals surface area contributed by atoms with Crippen LogP contribution in [0.2, 0.25) is 5.15 Å². The van der Waals surface area contributed by atoms with Gasteiger partial charge in [0.2, 0.25) is 0 Å². The molecule has 1 aromatic heterocycles. The largest absolute Gasteiger partial charge is 0.507 e. The summed E-state index contributed by atoms with van der Waals surface area (Å²) in [5, 5.41) is 11.5. The average molecular weight is 259 g/mol. The molecule has 0 amide bonds. The predicted octanol–water partition coefficient (Wildman–Crippen LogP) is 3.36. The van der Waals surface area contributed by atoms with E-state index in [9.17, 15) is 5.11 Å². The van der Waals surface area contributed by atoms with Crippen LogP contribution in [0.5, 0.6) is 5.75 Å². The van der Waals surface area contributed by atoms with E-state index in [2.05, 4.69) is 20.9 Å². The second-order valence-corrected chi connectivity index (χ2v) is 3.84. The van der Waals surface area contributed by atoms with E-state index in [1.165, 1.54) is 0 Å². The lowest BCUT2D eigenvalue weighted by atomic mass is 10.2. The summed E-state index contributed by atoms with van der Waals surface area (Å²) in [7, 11) is 0. The molecule has 0 bridgehead atoms. The number of fused-ring (bicyclic) bond motifs is 1. The summed E-state index contributed by atoms with van der Waals surface area (Å²) in [6.07, 6.45) is 1.63. The number of rotatable bonds is 0. The summed E-state index contributed by atoms with van der Waals surface area (Å²) in [6, 6.07) is 5.23. The maximum absolute atomic E-state index is 9.41. The molecule has 0 unspecified atom stereocenters. The van der Waals surface area contributed by atoms with Crippen molar-refractivity contribution in [2.24, 2.45) is 0 Å². The molecule has 0 saturated heterocycles. The minimum atomic E-state index is 0.169. The van der Waals surface area contributed by atoms with Gasteiger partial charge in [-0.25, -0.2) is 4.98 Å². The van der Waals surface area contributed by atoms with Gasteiger partial charge >= 0.3 is 0 Å². The monoisotopic (exact) mass is 257 g/mol. The number of hydrogen-bond acceptors (Lipinski definition) is 2. The third kappa shape index (κ3) is 1.49. The van der Waals surface area contributed by atoms with Crippen molar-refractivity contribution in [3.63, 3.8) is 0 Å². The Morgan fingerprint density at radius 3 is 2.92 bits per heavy atom. The van der Waals surface area contributed by atoms with E-state index in [0.717, 1.165) is 10.8 Å². The van der Waals surface area contributed by atoms with Gasteiger partial charge in [0.05, 0.1) is 4.47 Å². The first-order valence-corrected chi connectivity index (χ1v) is 4.78. The number of benzene rings is 1. The fourth-order valence-electron chi connectivity index (χ4n) is 1.15. The van der Waals surface area contributed by atoms with Crippen molar-refractivity contribution in [2.45, 2.75) is 0 Å². The number of phenols is 1. The molecule has 2 nitrogen and oxygen atoms in total. The van der Waals surface area contributed by atoms with Crippen molar-refractivity contribution < 1.29 is 5.11 Å². The Kier molecular flexibility index (Phi) is 2.14. The number of hydrogen-bond donors (Lipinski definition) is 1. The van der Waals surface area contributed by atoms with Crippen LogP contribution in [-0.2, 0) is 0 Å². The zero-order valence-electron chi connectivity index (χ0n) is 6.46. The van der Waals surface area contributed by atoms with Gasteiger partial charge in [-0.05, 0) is 39.5 Å². The van der Waals surface area contributed by atoms with Gasteiger partial charge in [-0.15, -0.1) is 0 Å². The van der Waals surface area contributed by atoms with Crippen molar-refractivity contribution in [2.75, 3.05) is 0 Å². The van der Waals surface area contributed by atoms with Crippen LogP contribution in [0.25, 0.3) is 10.8 Å². The van der Waals surface area contributed by atoms with Crippen LogP contribution in [0, 0.1) is 0 Å². The van der Waals surface area contributed by atoms with E-state index in [0.29, 0.717) is 9.63 Å². The average Bonchev–Trinajstić information content (AvgIpc) is 2.09. The number of pyridine rings is 1. The van der Waals surface area contributed by atoms with Crippen molar-refractivity contribution in [1.82, 2.24) is 4.98 Å². The Morgan fingerprint density at radius 2 is 2.15 bits per heavy atom. The minimum absolute atomic E-state index is 0.169. The van der Waals surface area contributed by atoms with Gasteiger partial charge in [0.1, 0.15) is 10.9 Å². The molecule has 0 fully saturated rings. The normalized spacial score (nSPS) is 10.6. The summed E-state index contributed by atoms with van der Waals surface area (Å²) >= 11 is 9.07. The second-order valence-electron chi connectivity index (χ2n) is 2.63. The fraction of sp³-hybridized carbons (Fsp3) is 0. The highest BCUT2D eigenvalue weighted by molar-refractivity contribution is 9.10. The number of phenolic OH excluding ortho intramolecular Hbond substituents is 1. The van der Waals surface area contributed by atoms with Gasteiger partial charge in [0, 0.05) is 11.6 Å². The fourth-order valence-corrected chi connectivity index (χ4v) is 1.73. The molecular formula is C9H5BrClNO. The molecule has 13 heavy (non-hydrogen) atoms.